The van der Waals surface area contributed by atoms with Crippen LogP contribution < -0.4 is 5.32 Å². The van der Waals surface area contributed by atoms with E-state index in [-0.39, 0.29) is 24.1 Å². The Labute approximate surface area is 154 Å². The van der Waals surface area contributed by atoms with Gasteiger partial charge in [-0.15, -0.1) is 0 Å². The Hall–Kier alpha value is -2.69. The lowest BCUT2D eigenvalue weighted by molar-refractivity contribution is -0.130. The molecule has 26 heavy (non-hydrogen) atoms. The minimum absolute atomic E-state index is 0.0651. The number of hydrogen-bond donors (Lipinski definition) is 1. The van der Waals surface area contributed by atoms with Gasteiger partial charge >= 0.3 is 0 Å². The van der Waals surface area contributed by atoms with Gasteiger partial charge in [0.15, 0.2) is 0 Å². The topological polar surface area (TPSA) is 49.4 Å². The standard InChI is InChI=1S/C21H25FN2O2/c1-16-7-9-18(10-8-16)15-24(17(2)25)14-12-21(26)23-13-11-19-5-3-4-6-20(19)22/h3-10H,11-15H2,1-2H3,(H,23,26). The van der Waals surface area contributed by atoms with Gasteiger partial charge in [0.05, 0.1) is 0 Å². The van der Waals surface area contributed by atoms with E-state index >= 15 is 0 Å². The normalized spacial score (nSPS) is 10.4. The third kappa shape index (κ3) is 6.31. The molecule has 0 aliphatic rings. The zero-order valence-electron chi connectivity index (χ0n) is 15.3. The van der Waals surface area contributed by atoms with E-state index in [1.165, 1.54) is 13.0 Å². The molecule has 5 heteroatoms. The molecule has 0 atom stereocenters. The first-order chi connectivity index (χ1) is 12.5. The number of carbonyl (C=O) groups is 2. The maximum atomic E-state index is 13.5. The summed E-state index contributed by atoms with van der Waals surface area (Å²) in [6.45, 7) is 4.73. The maximum Gasteiger partial charge on any atom is 0.221 e. The van der Waals surface area contributed by atoms with Crippen molar-refractivity contribution in [2.24, 2.45) is 0 Å². The van der Waals surface area contributed by atoms with Gasteiger partial charge in [-0.3, -0.25) is 9.59 Å². The van der Waals surface area contributed by atoms with Crippen LogP contribution in [0.15, 0.2) is 48.5 Å². The van der Waals surface area contributed by atoms with Gasteiger partial charge in [-0.25, -0.2) is 4.39 Å². The molecule has 0 aromatic heterocycles. The van der Waals surface area contributed by atoms with Gasteiger partial charge in [0.1, 0.15) is 5.82 Å². The molecule has 1 N–H and O–H groups in total. The highest BCUT2D eigenvalue weighted by Gasteiger charge is 2.12. The zero-order valence-corrected chi connectivity index (χ0v) is 15.3. The SMILES string of the molecule is CC(=O)N(CCC(=O)NCCc1ccccc1F)Cc1ccc(C)cc1. The average molecular weight is 356 g/mol. The van der Waals surface area contributed by atoms with Gasteiger partial charge in [0.25, 0.3) is 0 Å². The van der Waals surface area contributed by atoms with Crippen LogP contribution in [0.4, 0.5) is 4.39 Å². The summed E-state index contributed by atoms with van der Waals surface area (Å²) >= 11 is 0. The lowest BCUT2D eigenvalue weighted by Crippen LogP contribution is -2.34. The molecule has 0 saturated carbocycles. The summed E-state index contributed by atoms with van der Waals surface area (Å²) in [6, 6.07) is 14.5. The molecule has 0 radical (unpaired) electrons. The predicted octanol–water partition coefficient (Wildman–Crippen LogP) is 3.23. The van der Waals surface area contributed by atoms with Gasteiger partial charge in [-0.05, 0) is 30.5 Å². The fourth-order valence-electron chi connectivity index (χ4n) is 2.62. The number of benzene rings is 2. The molecule has 4 nitrogen and oxygen atoms in total. The van der Waals surface area contributed by atoms with Gasteiger partial charge in [-0.2, -0.15) is 0 Å². The van der Waals surface area contributed by atoms with E-state index in [0.717, 1.165) is 11.1 Å². The Morgan fingerprint density at radius 1 is 1.08 bits per heavy atom. The summed E-state index contributed by atoms with van der Waals surface area (Å²) < 4.78 is 13.5. The molecular formula is C21H25FN2O2. The first-order valence-electron chi connectivity index (χ1n) is 8.77. The van der Waals surface area contributed by atoms with Crippen molar-refractivity contribution in [2.45, 2.75) is 33.2 Å². The third-order valence-electron chi connectivity index (χ3n) is 4.22. The fourth-order valence-corrected chi connectivity index (χ4v) is 2.62. The highest BCUT2D eigenvalue weighted by molar-refractivity contribution is 5.78. The Kier molecular flexibility index (Phi) is 7.33. The van der Waals surface area contributed by atoms with Crippen LogP contribution in [-0.2, 0) is 22.6 Å². The number of hydrogen-bond acceptors (Lipinski definition) is 2. The molecule has 0 aliphatic carbocycles. The summed E-state index contributed by atoms with van der Waals surface area (Å²) in [5, 5.41) is 2.78. The van der Waals surface area contributed by atoms with Crippen LogP contribution in [0.5, 0.6) is 0 Å². The van der Waals surface area contributed by atoms with Crippen molar-refractivity contribution in [1.29, 1.82) is 0 Å². The predicted molar refractivity (Wildman–Crippen MR) is 100 cm³/mol. The monoisotopic (exact) mass is 356 g/mol. The second kappa shape index (κ2) is 9.70. The van der Waals surface area contributed by atoms with Gasteiger partial charge in [-0.1, -0.05) is 48.0 Å². The summed E-state index contributed by atoms with van der Waals surface area (Å²) in [5.74, 6) is -0.469. The number of rotatable bonds is 8. The Morgan fingerprint density at radius 2 is 1.77 bits per heavy atom. The largest absolute Gasteiger partial charge is 0.356 e. The number of nitrogens with zero attached hydrogens (tertiary/aromatic N) is 1. The minimum atomic E-state index is -0.261. The van der Waals surface area contributed by atoms with Crippen molar-refractivity contribution >= 4 is 11.8 Å². The number of aryl methyl sites for hydroxylation is 1. The Bertz CT molecular complexity index is 744. The molecule has 2 amide bonds. The number of carbonyl (C=O) groups excluding carboxylic acids is 2. The molecule has 0 aliphatic heterocycles. The van der Waals surface area contributed by atoms with E-state index in [9.17, 15) is 14.0 Å². The molecular weight excluding hydrogens is 331 g/mol. The number of amides is 2. The van der Waals surface area contributed by atoms with Gasteiger partial charge in [0.2, 0.25) is 11.8 Å². The van der Waals surface area contributed by atoms with Gasteiger partial charge < -0.3 is 10.2 Å². The van der Waals surface area contributed by atoms with E-state index in [0.29, 0.717) is 31.6 Å². The average Bonchev–Trinajstić information content (AvgIpc) is 2.61. The van der Waals surface area contributed by atoms with E-state index in [1.54, 1.807) is 23.1 Å². The molecule has 0 fully saturated rings. The quantitative estimate of drug-likeness (QED) is 0.789. The van der Waals surface area contributed by atoms with Crippen LogP contribution in [0.1, 0.15) is 30.0 Å². The van der Waals surface area contributed by atoms with Crippen molar-refractivity contribution in [3.8, 4) is 0 Å². The molecule has 0 heterocycles. The van der Waals surface area contributed by atoms with E-state index in [2.05, 4.69) is 5.32 Å². The maximum absolute atomic E-state index is 13.5. The Balaban J connectivity index is 1.77. The molecule has 2 aromatic rings. The summed E-state index contributed by atoms with van der Waals surface area (Å²) in [4.78, 5) is 25.5. The highest BCUT2D eigenvalue weighted by Crippen LogP contribution is 2.08. The first kappa shape index (κ1) is 19.6. The zero-order chi connectivity index (χ0) is 18.9. The second-order valence-corrected chi connectivity index (χ2v) is 6.37. The van der Waals surface area contributed by atoms with Crippen LogP contribution >= 0.6 is 0 Å². The van der Waals surface area contributed by atoms with Crippen molar-refractivity contribution < 1.29 is 14.0 Å². The number of nitrogens with one attached hydrogen (secondary N) is 1. The Morgan fingerprint density at radius 3 is 2.42 bits per heavy atom. The van der Waals surface area contributed by atoms with Crippen LogP contribution in [0.2, 0.25) is 0 Å². The summed E-state index contributed by atoms with van der Waals surface area (Å²) in [6.07, 6.45) is 0.668. The van der Waals surface area contributed by atoms with Crippen LogP contribution in [0.25, 0.3) is 0 Å². The van der Waals surface area contributed by atoms with Crippen molar-refractivity contribution in [3.05, 3.63) is 71.0 Å². The van der Waals surface area contributed by atoms with Crippen molar-refractivity contribution in [2.75, 3.05) is 13.1 Å². The first-order valence-corrected chi connectivity index (χ1v) is 8.77. The molecule has 138 valence electrons. The van der Waals surface area contributed by atoms with Crippen LogP contribution in [0.3, 0.4) is 0 Å². The molecule has 0 saturated heterocycles. The highest BCUT2D eigenvalue weighted by atomic mass is 19.1. The third-order valence-corrected chi connectivity index (χ3v) is 4.22. The number of halogens is 1. The smallest absolute Gasteiger partial charge is 0.221 e. The summed E-state index contributed by atoms with van der Waals surface area (Å²) in [5.41, 5.74) is 2.78. The second-order valence-electron chi connectivity index (χ2n) is 6.37. The van der Waals surface area contributed by atoms with Crippen molar-refractivity contribution in [3.63, 3.8) is 0 Å². The minimum Gasteiger partial charge on any atom is -0.356 e. The van der Waals surface area contributed by atoms with Gasteiger partial charge in [0, 0.05) is 33.0 Å². The van der Waals surface area contributed by atoms with E-state index in [4.69, 9.17) is 0 Å². The molecule has 0 unspecified atom stereocenters. The van der Waals surface area contributed by atoms with Crippen molar-refractivity contribution in [1.82, 2.24) is 10.2 Å². The van der Waals surface area contributed by atoms with E-state index in [1.807, 2.05) is 31.2 Å². The van der Waals surface area contributed by atoms with Crippen LogP contribution in [0, 0.1) is 12.7 Å². The molecule has 2 rings (SSSR count). The summed E-state index contributed by atoms with van der Waals surface area (Å²) in [7, 11) is 0. The lowest BCUT2D eigenvalue weighted by atomic mass is 10.1. The molecule has 2 aromatic carbocycles. The lowest BCUT2D eigenvalue weighted by Gasteiger charge is -2.21. The van der Waals surface area contributed by atoms with Crippen LogP contribution in [-0.4, -0.2) is 29.8 Å². The molecule has 0 spiro atoms. The molecule has 0 bridgehead atoms. The van der Waals surface area contributed by atoms with E-state index < -0.39 is 0 Å². The fraction of sp³-hybridized carbons (Fsp3) is 0.333.